The number of benzene rings is 1. The Morgan fingerprint density at radius 3 is 2.52 bits per heavy atom. The van der Waals surface area contributed by atoms with Gasteiger partial charge in [0.15, 0.2) is 5.82 Å². The molecule has 2 aromatic heterocycles. The van der Waals surface area contributed by atoms with Gasteiger partial charge in [-0.2, -0.15) is 0 Å². The fourth-order valence-corrected chi connectivity index (χ4v) is 3.37. The molecule has 3 rings (SSSR count). The monoisotopic (exact) mass is 331 g/mol. The van der Waals surface area contributed by atoms with Gasteiger partial charge in [0, 0.05) is 6.20 Å². The zero-order chi connectivity index (χ0) is 16.4. The highest BCUT2D eigenvalue weighted by molar-refractivity contribution is 7.91. The topological polar surface area (TPSA) is 89.8 Å². The van der Waals surface area contributed by atoms with Crippen molar-refractivity contribution in [2.75, 3.05) is 12.4 Å². The molecule has 0 aliphatic rings. The highest BCUT2D eigenvalue weighted by Gasteiger charge is 2.18. The molecule has 0 radical (unpaired) electrons. The van der Waals surface area contributed by atoms with Crippen molar-refractivity contribution in [3.63, 3.8) is 0 Å². The van der Waals surface area contributed by atoms with Crippen LogP contribution in [0.4, 0.5) is 10.6 Å². The minimum absolute atomic E-state index is 0.137. The van der Waals surface area contributed by atoms with Gasteiger partial charge in [0.25, 0.3) is 0 Å². The maximum atomic E-state index is 12.6. The molecule has 7 nitrogen and oxygen atoms in total. The molecule has 0 bridgehead atoms. The number of sulfone groups is 1. The molecule has 0 spiro atoms. The van der Waals surface area contributed by atoms with E-state index < -0.39 is 15.9 Å². The first-order valence-corrected chi connectivity index (χ1v) is 8.13. The second-order valence-electron chi connectivity index (χ2n) is 4.69. The molecule has 3 aromatic rings. The first kappa shape index (κ1) is 15.0. The Kier molecular flexibility index (Phi) is 3.75. The van der Waals surface area contributed by atoms with Crippen molar-refractivity contribution in [3.05, 3.63) is 54.9 Å². The minimum atomic E-state index is -3.61. The van der Waals surface area contributed by atoms with Gasteiger partial charge in [-0.3, -0.25) is 5.32 Å². The Labute approximate surface area is 132 Å². The second-order valence-corrected chi connectivity index (χ2v) is 6.64. The summed E-state index contributed by atoms with van der Waals surface area (Å²) in [5, 5.41) is 2.43. The number of pyridine rings is 1. The van der Waals surface area contributed by atoms with E-state index in [9.17, 15) is 13.2 Å². The Morgan fingerprint density at radius 1 is 1.09 bits per heavy atom. The number of carbonyl (C=O) groups excluding carboxylic acids is 1. The van der Waals surface area contributed by atoms with E-state index in [1.807, 2.05) is 0 Å². The van der Waals surface area contributed by atoms with Crippen LogP contribution in [0.1, 0.15) is 0 Å². The van der Waals surface area contributed by atoms with Crippen molar-refractivity contribution in [1.29, 1.82) is 0 Å². The highest BCUT2D eigenvalue weighted by Crippen LogP contribution is 2.21. The molecule has 2 heterocycles. The Morgan fingerprint density at radius 2 is 1.83 bits per heavy atom. The van der Waals surface area contributed by atoms with Gasteiger partial charge in [0.2, 0.25) is 9.84 Å². The zero-order valence-corrected chi connectivity index (χ0v) is 12.9. The molecule has 0 aliphatic carbocycles. The summed E-state index contributed by atoms with van der Waals surface area (Å²) in [4.78, 5) is 15.7. The Bertz CT molecular complexity index is 965. The average molecular weight is 331 g/mol. The molecule has 0 unspecified atom stereocenters. The maximum absolute atomic E-state index is 12.6. The van der Waals surface area contributed by atoms with Gasteiger partial charge in [0.05, 0.1) is 23.1 Å². The molecule has 1 amide bonds. The summed E-state index contributed by atoms with van der Waals surface area (Å²) in [5.74, 6) is 0.270. The standard InChI is InChI=1S/C15H13N3O4S/c1-22-15(19)17-13-10-18-9-12(7-8-14(18)16-13)23(20,21)11-5-3-2-4-6-11/h2-10H,1H3,(H,17,19). The molecule has 23 heavy (non-hydrogen) atoms. The van der Waals surface area contributed by atoms with Crippen LogP contribution in [0.2, 0.25) is 0 Å². The summed E-state index contributed by atoms with van der Waals surface area (Å²) in [6.07, 6.45) is 2.31. The van der Waals surface area contributed by atoms with E-state index in [4.69, 9.17) is 0 Å². The van der Waals surface area contributed by atoms with Crippen molar-refractivity contribution < 1.29 is 17.9 Å². The minimum Gasteiger partial charge on any atom is -0.453 e. The van der Waals surface area contributed by atoms with E-state index in [0.717, 1.165) is 0 Å². The number of imidazole rings is 1. The number of aromatic nitrogens is 2. The summed E-state index contributed by atoms with van der Waals surface area (Å²) in [7, 11) is -2.36. The molecule has 0 saturated carbocycles. The van der Waals surface area contributed by atoms with Crippen molar-refractivity contribution >= 4 is 27.4 Å². The molecule has 0 aliphatic heterocycles. The molecule has 1 N–H and O–H groups in total. The van der Waals surface area contributed by atoms with Gasteiger partial charge < -0.3 is 9.14 Å². The molecule has 1 aromatic carbocycles. The van der Waals surface area contributed by atoms with Gasteiger partial charge in [-0.05, 0) is 24.3 Å². The van der Waals surface area contributed by atoms with Crippen LogP contribution < -0.4 is 5.32 Å². The third-order valence-corrected chi connectivity index (χ3v) is 4.96. The number of anilines is 1. The van der Waals surface area contributed by atoms with Crippen LogP contribution in [-0.4, -0.2) is 31.0 Å². The highest BCUT2D eigenvalue weighted by atomic mass is 32.2. The average Bonchev–Trinajstić information content (AvgIpc) is 2.96. The lowest BCUT2D eigenvalue weighted by Gasteiger charge is -2.04. The fraction of sp³-hybridized carbons (Fsp3) is 0.0667. The number of carbonyl (C=O) groups is 1. The predicted molar refractivity (Wildman–Crippen MR) is 83.1 cm³/mol. The van der Waals surface area contributed by atoms with Gasteiger partial charge in [-0.15, -0.1) is 0 Å². The van der Waals surface area contributed by atoms with Crippen molar-refractivity contribution in [2.24, 2.45) is 0 Å². The normalized spacial score (nSPS) is 11.3. The Hall–Kier alpha value is -2.87. The molecule has 0 fully saturated rings. The molecular formula is C15H13N3O4S. The SMILES string of the molecule is COC(=O)Nc1cn2cc(S(=O)(=O)c3ccccc3)ccc2n1. The predicted octanol–water partition coefficient (Wildman–Crippen LogP) is 2.35. The quantitative estimate of drug-likeness (QED) is 0.795. The number of methoxy groups -OCH3 is 1. The van der Waals surface area contributed by atoms with Crippen molar-refractivity contribution in [3.8, 4) is 0 Å². The fourth-order valence-electron chi connectivity index (χ4n) is 2.08. The summed E-state index contributed by atoms with van der Waals surface area (Å²) < 4.78 is 31.2. The van der Waals surface area contributed by atoms with Crippen molar-refractivity contribution in [1.82, 2.24) is 9.38 Å². The van der Waals surface area contributed by atoms with E-state index in [1.54, 1.807) is 24.3 Å². The number of rotatable bonds is 3. The summed E-state index contributed by atoms with van der Waals surface area (Å²) >= 11 is 0. The maximum Gasteiger partial charge on any atom is 0.412 e. The van der Waals surface area contributed by atoms with Crippen LogP contribution in [-0.2, 0) is 14.6 Å². The van der Waals surface area contributed by atoms with Crippen LogP contribution in [0.3, 0.4) is 0 Å². The zero-order valence-electron chi connectivity index (χ0n) is 12.1. The smallest absolute Gasteiger partial charge is 0.412 e. The van der Waals surface area contributed by atoms with E-state index in [0.29, 0.717) is 5.65 Å². The Balaban J connectivity index is 2.02. The number of hydrogen-bond donors (Lipinski definition) is 1. The molecule has 0 saturated heterocycles. The van der Waals surface area contributed by atoms with Crippen LogP contribution in [0.5, 0.6) is 0 Å². The first-order chi connectivity index (χ1) is 11.0. The number of ether oxygens (including phenoxy) is 1. The van der Waals surface area contributed by atoms with Crippen LogP contribution in [0, 0.1) is 0 Å². The number of hydrogen-bond acceptors (Lipinski definition) is 5. The third kappa shape index (κ3) is 2.88. The van der Waals surface area contributed by atoms with Gasteiger partial charge in [-0.25, -0.2) is 18.2 Å². The second kappa shape index (κ2) is 5.73. The first-order valence-electron chi connectivity index (χ1n) is 6.64. The lowest BCUT2D eigenvalue weighted by Crippen LogP contribution is -2.10. The van der Waals surface area contributed by atoms with E-state index in [2.05, 4.69) is 15.0 Å². The summed E-state index contributed by atoms with van der Waals surface area (Å²) in [6.45, 7) is 0. The molecule has 0 atom stereocenters. The molecule has 118 valence electrons. The number of nitrogens with zero attached hydrogens (tertiary/aromatic N) is 2. The van der Waals surface area contributed by atoms with Crippen molar-refractivity contribution in [2.45, 2.75) is 9.79 Å². The third-order valence-electron chi connectivity index (χ3n) is 3.20. The van der Waals surface area contributed by atoms with Gasteiger partial charge in [0.1, 0.15) is 5.65 Å². The number of amides is 1. The number of nitrogens with one attached hydrogen (secondary N) is 1. The molecular weight excluding hydrogens is 318 g/mol. The molecule has 8 heteroatoms. The lowest BCUT2D eigenvalue weighted by molar-refractivity contribution is 0.187. The van der Waals surface area contributed by atoms with E-state index in [-0.39, 0.29) is 15.6 Å². The summed E-state index contributed by atoms with van der Waals surface area (Å²) in [6, 6.07) is 11.2. The lowest BCUT2D eigenvalue weighted by atomic mass is 10.4. The van der Waals surface area contributed by atoms with E-state index in [1.165, 1.54) is 42.1 Å². The summed E-state index contributed by atoms with van der Waals surface area (Å²) in [5.41, 5.74) is 0.503. The number of fused-ring (bicyclic) bond motifs is 1. The van der Waals surface area contributed by atoms with Gasteiger partial charge in [-0.1, -0.05) is 18.2 Å². The van der Waals surface area contributed by atoms with E-state index >= 15 is 0 Å². The van der Waals surface area contributed by atoms with Crippen LogP contribution >= 0.6 is 0 Å². The van der Waals surface area contributed by atoms with Crippen LogP contribution in [0.25, 0.3) is 5.65 Å². The van der Waals surface area contributed by atoms with Crippen LogP contribution in [0.15, 0.2) is 64.6 Å². The van der Waals surface area contributed by atoms with Gasteiger partial charge >= 0.3 is 6.09 Å². The largest absolute Gasteiger partial charge is 0.453 e.